The van der Waals surface area contributed by atoms with Crippen molar-refractivity contribution >= 4 is 0 Å². The highest BCUT2D eigenvalue weighted by Crippen LogP contribution is 2.39. The minimum absolute atomic E-state index is 0.0434. The van der Waals surface area contributed by atoms with Crippen LogP contribution < -0.4 is 9.47 Å². The summed E-state index contributed by atoms with van der Waals surface area (Å²) in [4.78, 5) is 0. The highest BCUT2D eigenvalue weighted by atomic mass is 19.4. The summed E-state index contributed by atoms with van der Waals surface area (Å²) in [5.74, 6) is -4.91. The fourth-order valence-electron chi connectivity index (χ4n) is 3.55. The normalized spacial score (nSPS) is 20.1. The van der Waals surface area contributed by atoms with Gasteiger partial charge < -0.3 is 9.47 Å². The predicted octanol–water partition coefficient (Wildman–Crippen LogP) is 7.29. The van der Waals surface area contributed by atoms with Crippen molar-refractivity contribution in [3.8, 4) is 11.5 Å². The van der Waals surface area contributed by atoms with E-state index in [4.69, 9.17) is 0 Å². The lowest BCUT2D eigenvalue weighted by Crippen LogP contribution is -2.24. The summed E-state index contributed by atoms with van der Waals surface area (Å²) < 4.78 is 100. The molecule has 2 nitrogen and oxygen atoms in total. The van der Waals surface area contributed by atoms with E-state index in [-0.39, 0.29) is 17.9 Å². The maximum Gasteiger partial charge on any atom is 0.573 e. The molecule has 0 unspecified atom stereocenters. The van der Waals surface area contributed by atoms with E-state index in [2.05, 4.69) is 16.4 Å². The number of alkyl halides is 5. The lowest BCUT2D eigenvalue weighted by Gasteiger charge is -2.26. The molecule has 3 rings (SSSR count). The Hall–Kier alpha value is -2.45. The summed E-state index contributed by atoms with van der Waals surface area (Å²) in [7, 11) is 0. The molecular weight excluding hydrogens is 417 g/mol. The first-order chi connectivity index (χ1) is 13.9. The molecule has 30 heavy (non-hydrogen) atoms. The fourth-order valence-corrected chi connectivity index (χ4v) is 3.55. The van der Waals surface area contributed by atoms with Gasteiger partial charge in [0.05, 0.1) is 5.56 Å². The molecule has 2 aromatic rings. The first-order valence-corrected chi connectivity index (χ1v) is 9.36. The zero-order valence-electron chi connectivity index (χ0n) is 15.9. The van der Waals surface area contributed by atoms with Crippen LogP contribution in [0.2, 0.25) is 0 Å². The Kier molecular flexibility index (Phi) is 6.19. The molecule has 1 fully saturated rings. The van der Waals surface area contributed by atoms with Gasteiger partial charge in [-0.2, -0.15) is 8.78 Å². The van der Waals surface area contributed by atoms with Crippen LogP contribution in [0.3, 0.4) is 0 Å². The van der Waals surface area contributed by atoms with Gasteiger partial charge in [-0.1, -0.05) is 31.9 Å². The number of halogens is 7. The second-order valence-corrected chi connectivity index (χ2v) is 7.46. The lowest BCUT2D eigenvalue weighted by atomic mass is 9.79. The molecule has 0 aliphatic heterocycles. The number of rotatable bonds is 5. The molecule has 0 N–H and O–H groups in total. The first-order valence-electron chi connectivity index (χ1n) is 9.36. The monoisotopic (exact) mass is 436 g/mol. The van der Waals surface area contributed by atoms with E-state index < -0.39 is 35.4 Å². The largest absolute Gasteiger partial charge is 0.573 e. The Morgan fingerprint density at radius 1 is 0.800 bits per heavy atom. The van der Waals surface area contributed by atoms with E-state index in [1.54, 1.807) is 12.1 Å². The van der Waals surface area contributed by atoms with Gasteiger partial charge in [0.25, 0.3) is 0 Å². The highest BCUT2D eigenvalue weighted by Gasteiger charge is 2.39. The molecule has 2 aromatic carbocycles. The Morgan fingerprint density at radius 2 is 1.33 bits per heavy atom. The number of benzene rings is 2. The molecule has 0 radical (unpaired) electrons. The van der Waals surface area contributed by atoms with E-state index in [1.165, 1.54) is 12.1 Å². The minimum Gasteiger partial charge on any atom is -0.429 e. The summed E-state index contributed by atoms with van der Waals surface area (Å²) in [5.41, 5.74) is -0.291. The van der Waals surface area contributed by atoms with Crippen molar-refractivity contribution in [1.82, 2.24) is 0 Å². The molecule has 9 heteroatoms. The van der Waals surface area contributed by atoms with Crippen molar-refractivity contribution in [2.75, 3.05) is 0 Å². The van der Waals surface area contributed by atoms with Gasteiger partial charge in [0.1, 0.15) is 5.75 Å². The van der Waals surface area contributed by atoms with E-state index in [0.29, 0.717) is 11.8 Å². The molecule has 1 aliphatic carbocycles. The summed E-state index contributed by atoms with van der Waals surface area (Å²) in [6, 6.07) is 6.06. The molecule has 0 bridgehead atoms. The molecule has 0 atom stereocenters. The van der Waals surface area contributed by atoms with Crippen LogP contribution in [0, 0.1) is 17.6 Å². The quantitative estimate of drug-likeness (QED) is 0.459. The van der Waals surface area contributed by atoms with E-state index in [1.807, 2.05) is 0 Å². The van der Waals surface area contributed by atoms with Crippen LogP contribution >= 0.6 is 0 Å². The third-order valence-electron chi connectivity index (χ3n) is 5.17. The molecule has 1 aliphatic rings. The van der Waals surface area contributed by atoms with Gasteiger partial charge in [0.15, 0.2) is 11.6 Å². The average molecular weight is 436 g/mol. The predicted molar refractivity (Wildman–Crippen MR) is 94.4 cm³/mol. The van der Waals surface area contributed by atoms with Crippen LogP contribution in [0.4, 0.5) is 30.7 Å². The van der Waals surface area contributed by atoms with Crippen molar-refractivity contribution in [2.24, 2.45) is 5.92 Å². The Morgan fingerprint density at radius 3 is 1.83 bits per heavy atom. The minimum atomic E-state index is -5.37. The molecular formula is C21H19F7O2. The SMILES string of the molecule is CC1CCC(c2ccc(OC(F)(F)c3cc(F)c(OC(F)(F)F)c(F)c3)cc2)CC1. The van der Waals surface area contributed by atoms with Crippen LogP contribution in [0.5, 0.6) is 11.5 Å². The zero-order chi connectivity index (χ0) is 22.1. The number of ether oxygens (including phenoxy) is 2. The number of hydrogen-bond acceptors (Lipinski definition) is 2. The standard InChI is InChI=1S/C21H19F7O2/c1-12-2-4-13(5-3-12)14-6-8-16(9-7-14)29-20(24,25)15-10-17(22)19(18(23)11-15)30-21(26,27)28/h6-13H,2-5H2,1H3. The molecule has 0 heterocycles. The van der Waals surface area contributed by atoms with Gasteiger partial charge in [0, 0.05) is 0 Å². The average Bonchev–Trinajstić information content (AvgIpc) is 2.65. The van der Waals surface area contributed by atoms with Crippen LogP contribution in [0.15, 0.2) is 36.4 Å². The highest BCUT2D eigenvalue weighted by molar-refractivity contribution is 5.35. The van der Waals surface area contributed by atoms with Crippen molar-refractivity contribution in [2.45, 2.75) is 51.0 Å². The molecule has 0 saturated heterocycles. The summed E-state index contributed by atoms with van der Waals surface area (Å²) in [6.45, 7) is 2.18. The fraction of sp³-hybridized carbons (Fsp3) is 0.429. The summed E-state index contributed by atoms with van der Waals surface area (Å²) in [6.07, 6.45) is -5.37. The van der Waals surface area contributed by atoms with Crippen LogP contribution in [-0.4, -0.2) is 6.36 Å². The molecule has 0 amide bonds. The van der Waals surface area contributed by atoms with E-state index >= 15 is 0 Å². The smallest absolute Gasteiger partial charge is 0.429 e. The van der Waals surface area contributed by atoms with Crippen molar-refractivity contribution in [1.29, 1.82) is 0 Å². The first kappa shape index (κ1) is 22.2. The molecule has 164 valence electrons. The lowest BCUT2D eigenvalue weighted by molar-refractivity contribution is -0.276. The van der Waals surface area contributed by atoms with E-state index in [9.17, 15) is 30.7 Å². The van der Waals surface area contributed by atoms with Gasteiger partial charge in [-0.25, -0.2) is 8.78 Å². The van der Waals surface area contributed by atoms with Crippen LogP contribution in [-0.2, 0) is 6.11 Å². The van der Waals surface area contributed by atoms with Crippen molar-refractivity contribution in [3.63, 3.8) is 0 Å². The van der Waals surface area contributed by atoms with Crippen LogP contribution in [0.25, 0.3) is 0 Å². The summed E-state index contributed by atoms with van der Waals surface area (Å²) >= 11 is 0. The van der Waals surface area contributed by atoms with Gasteiger partial charge in [-0.3, -0.25) is 0 Å². The molecule has 1 saturated carbocycles. The second kappa shape index (κ2) is 8.35. The maximum atomic E-state index is 14.4. The zero-order valence-corrected chi connectivity index (χ0v) is 15.9. The Balaban J connectivity index is 1.74. The summed E-state index contributed by atoms with van der Waals surface area (Å²) in [5, 5.41) is 0. The number of hydrogen-bond donors (Lipinski definition) is 0. The van der Waals surface area contributed by atoms with Gasteiger partial charge >= 0.3 is 12.5 Å². The molecule has 0 spiro atoms. The van der Waals surface area contributed by atoms with E-state index in [0.717, 1.165) is 31.2 Å². The van der Waals surface area contributed by atoms with Gasteiger partial charge in [-0.15, -0.1) is 13.2 Å². The molecule has 0 aromatic heterocycles. The van der Waals surface area contributed by atoms with Gasteiger partial charge in [-0.05, 0) is 54.5 Å². The van der Waals surface area contributed by atoms with Crippen molar-refractivity contribution < 1.29 is 40.2 Å². The third kappa shape index (κ3) is 5.37. The third-order valence-corrected chi connectivity index (χ3v) is 5.17. The van der Waals surface area contributed by atoms with Gasteiger partial charge in [0.2, 0.25) is 5.75 Å². The Bertz CT molecular complexity index is 847. The Labute approximate surface area is 168 Å². The topological polar surface area (TPSA) is 18.5 Å². The maximum absolute atomic E-state index is 14.4. The van der Waals surface area contributed by atoms with Crippen molar-refractivity contribution in [3.05, 3.63) is 59.2 Å². The van der Waals surface area contributed by atoms with Crippen LogP contribution in [0.1, 0.15) is 49.7 Å². The second-order valence-electron chi connectivity index (χ2n) is 7.46.